The Kier molecular flexibility index (Phi) is 4.05. The van der Waals surface area contributed by atoms with Gasteiger partial charge in [-0.05, 0) is 17.5 Å². The molecule has 0 spiro atoms. The third kappa shape index (κ3) is 4.76. The Morgan fingerprint density at radius 2 is 1.93 bits per heavy atom. The van der Waals surface area contributed by atoms with Crippen LogP contribution >= 0.6 is 0 Å². The molecule has 0 saturated heterocycles. The number of rotatable bonds is 5. The molecule has 0 aromatic heterocycles. The van der Waals surface area contributed by atoms with Crippen LogP contribution in [0.3, 0.4) is 0 Å². The van der Waals surface area contributed by atoms with Crippen molar-refractivity contribution in [2.24, 2.45) is 0 Å². The van der Waals surface area contributed by atoms with Crippen LogP contribution in [0.2, 0.25) is 0 Å². The van der Waals surface area contributed by atoms with E-state index in [0.29, 0.717) is 13.0 Å². The van der Waals surface area contributed by atoms with E-state index in [1.54, 1.807) is 6.08 Å². The first-order chi connectivity index (χ1) is 7.01. The molecule has 0 radical (unpaired) electrons. The maximum Gasteiger partial charge on any atom is 0.208 e. The lowest BCUT2D eigenvalue weighted by molar-refractivity contribution is 0.588. The van der Waals surface area contributed by atoms with E-state index in [9.17, 15) is 8.42 Å². The number of benzene rings is 1. The van der Waals surface area contributed by atoms with Gasteiger partial charge in [0, 0.05) is 6.54 Å². The normalized spacial score (nSPS) is 11.3. The first-order valence-electron chi connectivity index (χ1n) is 4.67. The molecule has 0 aliphatic heterocycles. The van der Waals surface area contributed by atoms with E-state index < -0.39 is 10.0 Å². The minimum atomic E-state index is -3.07. The highest BCUT2D eigenvalue weighted by Gasteiger charge is 1.99. The molecule has 0 aliphatic carbocycles. The highest BCUT2D eigenvalue weighted by atomic mass is 32.2. The van der Waals surface area contributed by atoms with Crippen molar-refractivity contribution in [2.45, 2.75) is 6.42 Å². The zero-order valence-electron chi connectivity index (χ0n) is 8.73. The molecule has 1 aromatic carbocycles. The molecular weight excluding hydrogens is 210 g/mol. The Balaban J connectivity index is 2.48. The Morgan fingerprint density at radius 1 is 1.33 bits per heavy atom. The SMILES string of the molecule is C=Cc1ccc(CCNS(C)(=O)=O)cc1. The number of hydrogen-bond acceptors (Lipinski definition) is 2. The van der Waals surface area contributed by atoms with Crippen molar-refractivity contribution < 1.29 is 8.42 Å². The second kappa shape index (κ2) is 5.09. The molecule has 0 fully saturated rings. The second-order valence-corrected chi connectivity index (χ2v) is 5.20. The molecule has 0 unspecified atom stereocenters. The standard InChI is InChI=1S/C11H15NO2S/c1-3-10-4-6-11(7-5-10)8-9-12-15(2,13)14/h3-7,12H,1,8-9H2,2H3. The summed E-state index contributed by atoms with van der Waals surface area (Å²) < 4.78 is 24.0. The Bertz CT molecular complexity index is 420. The fraction of sp³-hybridized carbons (Fsp3) is 0.273. The Morgan fingerprint density at radius 3 is 2.40 bits per heavy atom. The van der Waals surface area contributed by atoms with Gasteiger partial charge in [0.1, 0.15) is 0 Å². The smallest absolute Gasteiger partial charge is 0.208 e. The van der Waals surface area contributed by atoms with Gasteiger partial charge in [0.15, 0.2) is 0 Å². The summed E-state index contributed by atoms with van der Waals surface area (Å²) in [4.78, 5) is 0. The lowest BCUT2D eigenvalue weighted by Gasteiger charge is -2.03. The van der Waals surface area contributed by atoms with Crippen LogP contribution in [-0.4, -0.2) is 21.2 Å². The summed E-state index contributed by atoms with van der Waals surface area (Å²) >= 11 is 0. The molecule has 0 bridgehead atoms. The molecule has 1 rings (SSSR count). The zero-order chi connectivity index (χ0) is 11.3. The fourth-order valence-corrected chi connectivity index (χ4v) is 1.67. The van der Waals surface area contributed by atoms with Gasteiger partial charge in [-0.1, -0.05) is 36.9 Å². The van der Waals surface area contributed by atoms with Crippen LogP contribution in [0.1, 0.15) is 11.1 Å². The van der Waals surface area contributed by atoms with E-state index in [2.05, 4.69) is 11.3 Å². The van der Waals surface area contributed by atoms with Gasteiger partial charge in [0.2, 0.25) is 10.0 Å². The summed E-state index contributed by atoms with van der Waals surface area (Å²) in [7, 11) is -3.07. The molecule has 0 saturated carbocycles. The quantitative estimate of drug-likeness (QED) is 0.823. The molecule has 3 nitrogen and oxygen atoms in total. The summed E-state index contributed by atoms with van der Waals surface area (Å²) in [5, 5.41) is 0. The predicted octanol–water partition coefficient (Wildman–Crippen LogP) is 1.42. The zero-order valence-corrected chi connectivity index (χ0v) is 9.55. The summed E-state index contributed by atoms with van der Waals surface area (Å²) in [6, 6.07) is 7.87. The maximum absolute atomic E-state index is 10.8. The molecule has 0 atom stereocenters. The van der Waals surface area contributed by atoms with Crippen LogP contribution in [0.5, 0.6) is 0 Å². The van der Waals surface area contributed by atoms with E-state index in [4.69, 9.17) is 0 Å². The van der Waals surface area contributed by atoms with Gasteiger partial charge in [-0.3, -0.25) is 0 Å². The summed E-state index contributed by atoms with van der Waals surface area (Å²) in [5.41, 5.74) is 2.17. The highest BCUT2D eigenvalue weighted by Crippen LogP contribution is 2.05. The van der Waals surface area contributed by atoms with Gasteiger partial charge in [-0.2, -0.15) is 0 Å². The molecular formula is C11H15NO2S. The van der Waals surface area contributed by atoms with Crippen molar-refractivity contribution >= 4 is 16.1 Å². The van der Waals surface area contributed by atoms with Crippen molar-refractivity contribution in [2.75, 3.05) is 12.8 Å². The Labute approximate surface area is 90.9 Å². The molecule has 82 valence electrons. The fourth-order valence-electron chi connectivity index (χ4n) is 1.20. The van der Waals surface area contributed by atoms with Crippen LogP contribution in [0.4, 0.5) is 0 Å². The summed E-state index contributed by atoms with van der Waals surface area (Å²) in [5.74, 6) is 0. The van der Waals surface area contributed by atoms with Gasteiger partial charge in [-0.25, -0.2) is 13.1 Å². The monoisotopic (exact) mass is 225 g/mol. The lowest BCUT2D eigenvalue weighted by atomic mass is 10.1. The van der Waals surface area contributed by atoms with Gasteiger partial charge < -0.3 is 0 Å². The largest absolute Gasteiger partial charge is 0.215 e. The predicted molar refractivity (Wildman–Crippen MR) is 63.1 cm³/mol. The van der Waals surface area contributed by atoms with E-state index in [-0.39, 0.29) is 0 Å². The third-order valence-electron chi connectivity index (χ3n) is 1.99. The number of nitrogens with one attached hydrogen (secondary N) is 1. The van der Waals surface area contributed by atoms with Crippen LogP contribution < -0.4 is 4.72 Å². The van der Waals surface area contributed by atoms with E-state index in [1.165, 1.54) is 0 Å². The van der Waals surface area contributed by atoms with Crippen molar-refractivity contribution in [1.29, 1.82) is 0 Å². The van der Waals surface area contributed by atoms with Gasteiger partial charge in [0.05, 0.1) is 6.26 Å². The average molecular weight is 225 g/mol. The molecule has 0 amide bonds. The van der Waals surface area contributed by atoms with Crippen LogP contribution in [0.25, 0.3) is 6.08 Å². The first kappa shape index (κ1) is 11.9. The van der Waals surface area contributed by atoms with E-state index >= 15 is 0 Å². The molecule has 0 aliphatic rings. The number of hydrogen-bond donors (Lipinski definition) is 1. The van der Waals surface area contributed by atoms with Crippen molar-refractivity contribution in [1.82, 2.24) is 4.72 Å². The third-order valence-corrected chi connectivity index (χ3v) is 2.72. The van der Waals surface area contributed by atoms with Crippen LogP contribution in [0, 0.1) is 0 Å². The average Bonchev–Trinajstić information content (AvgIpc) is 2.17. The highest BCUT2D eigenvalue weighted by molar-refractivity contribution is 7.88. The lowest BCUT2D eigenvalue weighted by Crippen LogP contribution is -2.24. The van der Waals surface area contributed by atoms with Crippen molar-refractivity contribution in [3.05, 3.63) is 42.0 Å². The topological polar surface area (TPSA) is 46.2 Å². The minimum absolute atomic E-state index is 0.437. The summed E-state index contributed by atoms with van der Waals surface area (Å²) in [6.45, 7) is 4.10. The van der Waals surface area contributed by atoms with Crippen molar-refractivity contribution in [3.63, 3.8) is 0 Å². The van der Waals surface area contributed by atoms with Gasteiger partial charge in [-0.15, -0.1) is 0 Å². The molecule has 1 aromatic rings. The maximum atomic E-state index is 10.8. The van der Waals surface area contributed by atoms with Gasteiger partial charge >= 0.3 is 0 Å². The second-order valence-electron chi connectivity index (χ2n) is 3.36. The molecule has 15 heavy (non-hydrogen) atoms. The van der Waals surface area contributed by atoms with Crippen LogP contribution in [-0.2, 0) is 16.4 Å². The number of sulfonamides is 1. The van der Waals surface area contributed by atoms with Crippen LogP contribution in [0.15, 0.2) is 30.8 Å². The Hall–Kier alpha value is -1.13. The van der Waals surface area contributed by atoms with Crippen molar-refractivity contribution in [3.8, 4) is 0 Å². The molecule has 4 heteroatoms. The summed E-state index contributed by atoms with van der Waals surface area (Å²) in [6.07, 6.45) is 3.64. The first-order valence-corrected chi connectivity index (χ1v) is 6.56. The minimum Gasteiger partial charge on any atom is -0.215 e. The van der Waals surface area contributed by atoms with E-state index in [0.717, 1.165) is 17.4 Å². The molecule has 0 heterocycles. The van der Waals surface area contributed by atoms with E-state index in [1.807, 2.05) is 24.3 Å². The van der Waals surface area contributed by atoms with Gasteiger partial charge in [0.25, 0.3) is 0 Å². The molecule has 1 N–H and O–H groups in total.